The van der Waals surface area contributed by atoms with Gasteiger partial charge in [-0.15, -0.1) is 0 Å². The largest absolute Gasteiger partial charge is 0.472 e. The van der Waals surface area contributed by atoms with E-state index < -0.39 is 0 Å². The average molecular weight is 350 g/mol. The summed E-state index contributed by atoms with van der Waals surface area (Å²) in [6.45, 7) is 3.96. The van der Waals surface area contributed by atoms with E-state index in [4.69, 9.17) is 15.9 Å². The van der Waals surface area contributed by atoms with Gasteiger partial charge in [0.1, 0.15) is 0 Å². The van der Waals surface area contributed by atoms with Crippen molar-refractivity contribution < 1.29 is 4.42 Å². The van der Waals surface area contributed by atoms with Gasteiger partial charge in [0.2, 0.25) is 0 Å². The number of nitrogen functional groups attached to an aromatic ring is 2. The molecular formula is C19H22N6O. The van der Waals surface area contributed by atoms with Crippen molar-refractivity contribution in [2.24, 2.45) is 0 Å². The molecule has 3 aromatic rings. The van der Waals surface area contributed by atoms with Crippen molar-refractivity contribution >= 4 is 17.2 Å². The third kappa shape index (κ3) is 3.09. The van der Waals surface area contributed by atoms with Gasteiger partial charge in [-0.2, -0.15) is 0 Å². The highest BCUT2D eigenvalue weighted by Crippen LogP contribution is 2.34. The minimum atomic E-state index is 0.299. The van der Waals surface area contributed by atoms with Gasteiger partial charge < -0.3 is 25.7 Å². The van der Waals surface area contributed by atoms with Crippen LogP contribution in [0, 0.1) is 0 Å². The van der Waals surface area contributed by atoms with E-state index in [0.29, 0.717) is 17.3 Å². The molecule has 1 aromatic carbocycles. The Kier molecular flexibility index (Phi) is 4.22. The van der Waals surface area contributed by atoms with Crippen LogP contribution < -0.4 is 16.4 Å². The van der Waals surface area contributed by atoms with E-state index in [-0.39, 0.29) is 0 Å². The maximum absolute atomic E-state index is 5.93. The molecule has 4 rings (SSSR count). The minimum absolute atomic E-state index is 0.299. The van der Waals surface area contributed by atoms with E-state index in [0.717, 1.165) is 48.6 Å². The third-order valence-electron chi connectivity index (χ3n) is 4.78. The van der Waals surface area contributed by atoms with Gasteiger partial charge in [0, 0.05) is 43.0 Å². The number of nitrogens with two attached hydrogens (primary N) is 2. The molecular weight excluding hydrogens is 328 g/mol. The van der Waals surface area contributed by atoms with Crippen molar-refractivity contribution in [3.8, 4) is 22.5 Å². The molecule has 0 spiro atoms. The number of furan rings is 1. The van der Waals surface area contributed by atoms with Gasteiger partial charge in [-0.25, -0.2) is 9.97 Å². The number of anilines is 3. The lowest BCUT2D eigenvalue weighted by molar-refractivity contribution is 0.313. The van der Waals surface area contributed by atoms with E-state index in [2.05, 4.69) is 45.0 Å². The van der Waals surface area contributed by atoms with Gasteiger partial charge in [-0.05, 0) is 30.8 Å². The molecule has 0 saturated carbocycles. The first kappa shape index (κ1) is 16.4. The molecule has 3 heterocycles. The van der Waals surface area contributed by atoms with Gasteiger partial charge >= 0.3 is 0 Å². The van der Waals surface area contributed by atoms with Crippen LogP contribution in [0.5, 0.6) is 0 Å². The smallest absolute Gasteiger partial charge is 0.163 e. The summed E-state index contributed by atoms with van der Waals surface area (Å²) in [5, 5.41) is 0. The summed E-state index contributed by atoms with van der Waals surface area (Å²) in [6.07, 6.45) is 4.96. The first-order valence-corrected chi connectivity index (χ1v) is 8.60. The van der Waals surface area contributed by atoms with E-state index >= 15 is 0 Å². The minimum Gasteiger partial charge on any atom is -0.472 e. The monoisotopic (exact) mass is 350 g/mol. The van der Waals surface area contributed by atoms with Gasteiger partial charge in [0.15, 0.2) is 11.6 Å². The van der Waals surface area contributed by atoms with Crippen molar-refractivity contribution in [2.45, 2.75) is 0 Å². The number of rotatable bonds is 3. The zero-order chi connectivity index (χ0) is 18.1. The van der Waals surface area contributed by atoms with Crippen LogP contribution in [0.2, 0.25) is 0 Å². The Morgan fingerprint density at radius 2 is 1.85 bits per heavy atom. The van der Waals surface area contributed by atoms with Crippen molar-refractivity contribution in [1.29, 1.82) is 0 Å². The zero-order valence-corrected chi connectivity index (χ0v) is 14.7. The van der Waals surface area contributed by atoms with Crippen LogP contribution >= 0.6 is 0 Å². The Morgan fingerprint density at radius 1 is 1.04 bits per heavy atom. The molecule has 134 valence electrons. The summed E-state index contributed by atoms with van der Waals surface area (Å²) in [4.78, 5) is 13.5. The number of aromatic nitrogens is 2. The molecule has 7 nitrogen and oxygen atoms in total. The molecule has 0 radical (unpaired) electrons. The number of likely N-dealkylation sites (N-methyl/N-ethyl adjacent to an activating group) is 1. The Balaban J connectivity index is 1.81. The second-order valence-electron chi connectivity index (χ2n) is 6.57. The summed E-state index contributed by atoms with van der Waals surface area (Å²) < 4.78 is 5.22. The first-order valence-electron chi connectivity index (χ1n) is 8.60. The fraction of sp³-hybridized carbons (Fsp3) is 0.263. The molecule has 4 N–H and O–H groups in total. The molecule has 0 unspecified atom stereocenters. The number of nitrogens with zero attached hydrogens (tertiary/aromatic N) is 4. The molecule has 7 heteroatoms. The standard InChI is InChI=1S/C19H22N6O/c1-24-5-7-25(8-6-24)17-3-2-13(14-4-9-26-12-14)10-15(17)19-22-11-16(20)18(21)23-19/h2-4,9-12H,5-8,20H2,1H3,(H2,21,22,23). The fourth-order valence-electron chi connectivity index (χ4n) is 3.18. The van der Waals surface area contributed by atoms with Crippen molar-refractivity contribution in [2.75, 3.05) is 49.6 Å². The second kappa shape index (κ2) is 6.68. The lowest BCUT2D eigenvalue weighted by Crippen LogP contribution is -2.44. The third-order valence-corrected chi connectivity index (χ3v) is 4.78. The molecule has 2 aromatic heterocycles. The van der Waals surface area contributed by atoms with E-state index in [1.807, 2.05) is 6.07 Å². The van der Waals surface area contributed by atoms with Gasteiger partial charge in [0.25, 0.3) is 0 Å². The predicted molar refractivity (Wildman–Crippen MR) is 104 cm³/mol. The summed E-state index contributed by atoms with van der Waals surface area (Å²) >= 11 is 0. The highest BCUT2D eigenvalue weighted by atomic mass is 16.3. The normalized spacial score (nSPS) is 15.3. The Labute approximate surface area is 152 Å². The molecule has 26 heavy (non-hydrogen) atoms. The van der Waals surface area contributed by atoms with Crippen LogP contribution in [0.4, 0.5) is 17.2 Å². The topological polar surface area (TPSA) is 97.4 Å². The maximum Gasteiger partial charge on any atom is 0.163 e. The van der Waals surface area contributed by atoms with Crippen molar-refractivity contribution in [3.05, 3.63) is 43.0 Å². The highest BCUT2D eigenvalue weighted by molar-refractivity contribution is 5.81. The Morgan fingerprint density at radius 3 is 2.54 bits per heavy atom. The summed E-state index contributed by atoms with van der Waals surface area (Å²) in [5.74, 6) is 0.879. The summed E-state index contributed by atoms with van der Waals surface area (Å²) in [7, 11) is 2.14. The van der Waals surface area contributed by atoms with Crippen LogP contribution in [0.3, 0.4) is 0 Å². The van der Waals surface area contributed by atoms with Crippen LogP contribution in [0.1, 0.15) is 0 Å². The zero-order valence-electron chi connectivity index (χ0n) is 14.7. The first-order chi connectivity index (χ1) is 12.6. The molecule has 1 aliphatic rings. The number of hydrogen-bond acceptors (Lipinski definition) is 7. The average Bonchev–Trinajstić information content (AvgIpc) is 3.19. The molecule has 1 fully saturated rings. The predicted octanol–water partition coefficient (Wildman–Crippen LogP) is 2.32. The number of piperazine rings is 1. The quantitative estimate of drug-likeness (QED) is 0.748. The van der Waals surface area contributed by atoms with Gasteiger partial charge in [-0.3, -0.25) is 0 Å². The lowest BCUT2D eigenvalue weighted by Gasteiger charge is -2.35. The molecule has 0 atom stereocenters. The lowest BCUT2D eigenvalue weighted by atomic mass is 10.0. The fourth-order valence-corrected chi connectivity index (χ4v) is 3.18. The van der Waals surface area contributed by atoms with E-state index in [1.54, 1.807) is 18.7 Å². The molecule has 0 bridgehead atoms. The number of hydrogen-bond donors (Lipinski definition) is 2. The van der Waals surface area contributed by atoms with Crippen LogP contribution in [0.25, 0.3) is 22.5 Å². The maximum atomic E-state index is 5.93. The van der Waals surface area contributed by atoms with Crippen LogP contribution in [-0.2, 0) is 0 Å². The van der Waals surface area contributed by atoms with Crippen molar-refractivity contribution in [1.82, 2.24) is 14.9 Å². The molecule has 1 aliphatic heterocycles. The SMILES string of the molecule is CN1CCN(c2ccc(-c3ccoc3)cc2-c2ncc(N)c(N)n2)CC1. The highest BCUT2D eigenvalue weighted by Gasteiger charge is 2.20. The van der Waals surface area contributed by atoms with Gasteiger partial charge in [-0.1, -0.05) is 6.07 Å². The van der Waals surface area contributed by atoms with E-state index in [1.165, 1.54) is 0 Å². The molecule has 0 aliphatic carbocycles. The Bertz CT molecular complexity index is 900. The summed E-state index contributed by atoms with van der Waals surface area (Å²) in [5.41, 5.74) is 16.2. The van der Waals surface area contributed by atoms with Gasteiger partial charge in [0.05, 0.1) is 24.4 Å². The summed E-state index contributed by atoms with van der Waals surface area (Å²) in [6, 6.07) is 8.25. The van der Waals surface area contributed by atoms with Crippen LogP contribution in [-0.4, -0.2) is 48.1 Å². The number of benzene rings is 1. The van der Waals surface area contributed by atoms with Crippen molar-refractivity contribution in [3.63, 3.8) is 0 Å². The molecule has 1 saturated heterocycles. The molecule has 0 amide bonds. The Hall–Kier alpha value is -3.06. The van der Waals surface area contributed by atoms with Crippen LogP contribution in [0.15, 0.2) is 47.4 Å². The second-order valence-corrected chi connectivity index (χ2v) is 6.57. The van der Waals surface area contributed by atoms with E-state index in [9.17, 15) is 0 Å².